The zero-order chi connectivity index (χ0) is 23.3. The van der Waals surface area contributed by atoms with Crippen molar-refractivity contribution in [2.45, 2.75) is 31.8 Å². The molecule has 0 fully saturated rings. The first-order valence-corrected chi connectivity index (χ1v) is 11.9. The van der Waals surface area contributed by atoms with Crippen molar-refractivity contribution in [3.05, 3.63) is 83.4 Å². The zero-order valence-electron chi connectivity index (χ0n) is 18.1. The third-order valence-electron chi connectivity index (χ3n) is 4.56. The highest BCUT2D eigenvalue weighted by molar-refractivity contribution is 7.92. The van der Waals surface area contributed by atoms with Crippen LogP contribution < -0.4 is 14.4 Å². The number of nitrogens with zero attached hydrogens (tertiary/aromatic N) is 1. The summed E-state index contributed by atoms with van der Waals surface area (Å²) in [6.07, 6.45) is 0.0369. The lowest BCUT2D eigenvalue weighted by Gasteiger charge is -2.25. The van der Waals surface area contributed by atoms with E-state index in [1.165, 1.54) is 12.1 Å². The summed E-state index contributed by atoms with van der Waals surface area (Å²) < 4.78 is 33.5. The summed E-state index contributed by atoms with van der Waals surface area (Å²) in [5, 5.41) is 3.23. The van der Waals surface area contributed by atoms with Crippen LogP contribution in [0.25, 0.3) is 0 Å². The van der Waals surface area contributed by atoms with Crippen LogP contribution in [0.15, 0.2) is 77.7 Å². The van der Waals surface area contributed by atoms with E-state index in [-0.39, 0.29) is 11.0 Å². The minimum Gasteiger partial charge on any atom is -0.491 e. The van der Waals surface area contributed by atoms with Crippen molar-refractivity contribution in [1.82, 2.24) is 0 Å². The average Bonchev–Trinajstić information content (AvgIpc) is 2.74. The summed E-state index contributed by atoms with van der Waals surface area (Å²) in [6, 6.07) is 19.8. The molecule has 0 aliphatic carbocycles. The minimum atomic E-state index is -3.99. The number of benzene rings is 3. The van der Waals surface area contributed by atoms with E-state index in [2.05, 4.69) is 5.32 Å². The maximum absolute atomic E-state index is 13.4. The van der Waals surface area contributed by atoms with Gasteiger partial charge in [-0.15, -0.1) is 0 Å². The van der Waals surface area contributed by atoms with Gasteiger partial charge >= 0.3 is 0 Å². The van der Waals surface area contributed by atoms with Gasteiger partial charge in [-0.25, -0.2) is 8.42 Å². The van der Waals surface area contributed by atoms with E-state index in [1.807, 2.05) is 13.8 Å². The molecular weight excluding hydrogens is 448 g/mol. The number of carbonyl (C=O) groups is 1. The van der Waals surface area contributed by atoms with Crippen LogP contribution in [0.2, 0.25) is 5.02 Å². The van der Waals surface area contributed by atoms with Crippen LogP contribution in [-0.2, 0) is 14.8 Å². The smallest absolute Gasteiger partial charge is 0.264 e. The summed E-state index contributed by atoms with van der Waals surface area (Å²) in [4.78, 5) is 12.9. The molecule has 0 heterocycles. The molecule has 3 aromatic carbocycles. The Bertz CT molecular complexity index is 1180. The molecule has 6 nitrogen and oxygen atoms in total. The lowest BCUT2D eigenvalue weighted by atomic mass is 10.2. The molecule has 3 rings (SSSR count). The summed E-state index contributed by atoms with van der Waals surface area (Å²) in [5.74, 6) is 0.208. The van der Waals surface area contributed by atoms with Crippen molar-refractivity contribution < 1.29 is 17.9 Å². The molecule has 0 spiro atoms. The fourth-order valence-corrected chi connectivity index (χ4v) is 4.87. The molecule has 8 heteroatoms. The zero-order valence-corrected chi connectivity index (χ0v) is 19.7. The SMILES string of the molecule is Cc1cc(Cl)ccc1N(CC(=O)Nc1ccc(OC(C)C)cc1)S(=O)(=O)c1ccccc1. The molecule has 0 radical (unpaired) electrons. The number of halogens is 1. The normalized spacial score (nSPS) is 11.3. The first-order chi connectivity index (χ1) is 15.2. The van der Waals surface area contributed by atoms with Gasteiger partial charge in [0.1, 0.15) is 12.3 Å². The molecule has 0 saturated carbocycles. The van der Waals surface area contributed by atoms with E-state index in [0.717, 1.165) is 4.31 Å². The van der Waals surface area contributed by atoms with Gasteiger partial charge in [0, 0.05) is 10.7 Å². The Morgan fingerprint density at radius 1 is 1.03 bits per heavy atom. The number of hydrogen-bond donors (Lipinski definition) is 1. The third-order valence-corrected chi connectivity index (χ3v) is 6.56. The topological polar surface area (TPSA) is 75.7 Å². The molecule has 0 aliphatic rings. The number of rotatable bonds is 8. The average molecular weight is 473 g/mol. The van der Waals surface area contributed by atoms with Crippen LogP contribution in [0.4, 0.5) is 11.4 Å². The number of anilines is 2. The summed E-state index contributed by atoms with van der Waals surface area (Å²) >= 11 is 6.05. The number of ether oxygens (including phenoxy) is 1. The van der Waals surface area contributed by atoms with E-state index in [1.54, 1.807) is 67.6 Å². The Morgan fingerprint density at radius 2 is 1.69 bits per heavy atom. The van der Waals surface area contributed by atoms with E-state index < -0.39 is 22.5 Å². The van der Waals surface area contributed by atoms with Crippen LogP contribution >= 0.6 is 11.6 Å². The monoisotopic (exact) mass is 472 g/mol. The molecular formula is C24H25ClN2O4S. The first kappa shape index (κ1) is 23.6. The quantitative estimate of drug-likeness (QED) is 0.484. The molecule has 1 amide bonds. The van der Waals surface area contributed by atoms with Crippen molar-refractivity contribution in [3.8, 4) is 5.75 Å². The van der Waals surface area contributed by atoms with Crippen LogP contribution in [0, 0.1) is 6.92 Å². The lowest BCUT2D eigenvalue weighted by molar-refractivity contribution is -0.114. The second-order valence-electron chi connectivity index (χ2n) is 7.49. The molecule has 32 heavy (non-hydrogen) atoms. The number of carbonyl (C=O) groups excluding carboxylic acids is 1. The Morgan fingerprint density at radius 3 is 2.28 bits per heavy atom. The lowest BCUT2D eigenvalue weighted by Crippen LogP contribution is -2.38. The third kappa shape index (κ3) is 5.81. The van der Waals surface area contributed by atoms with E-state index in [0.29, 0.717) is 27.7 Å². The van der Waals surface area contributed by atoms with Crippen LogP contribution in [0.3, 0.4) is 0 Å². The van der Waals surface area contributed by atoms with Gasteiger partial charge in [0.15, 0.2) is 0 Å². The van der Waals surface area contributed by atoms with Gasteiger partial charge < -0.3 is 10.1 Å². The number of aryl methyl sites for hydroxylation is 1. The Balaban J connectivity index is 1.88. The fourth-order valence-electron chi connectivity index (χ4n) is 3.14. The molecule has 168 valence electrons. The molecule has 1 N–H and O–H groups in total. The van der Waals surface area contributed by atoms with Gasteiger partial charge in [0.2, 0.25) is 5.91 Å². The van der Waals surface area contributed by atoms with Gasteiger partial charge in [0.05, 0.1) is 16.7 Å². The number of nitrogens with one attached hydrogen (secondary N) is 1. The molecule has 0 aliphatic heterocycles. The predicted molar refractivity (Wildman–Crippen MR) is 128 cm³/mol. The summed E-state index contributed by atoms with van der Waals surface area (Å²) in [6.45, 7) is 5.20. The Labute approximate surface area is 193 Å². The fraction of sp³-hybridized carbons (Fsp3) is 0.208. The van der Waals surface area contributed by atoms with Gasteiger partial charge in [0.25, 0.3) is 10.0 Å². The highest BCUT2D eigenvalue weighted by Crippen LogP contribution is 2.29. The predicted octanol–water partition coefficient (Wildman–Crippen LogP) is 5.27. The van der Waals surface area contributed by atoms with Gasteiger partial charge in [-0.05, 0) is 80.9 Å². The van der Waals surface area contributed by atoms with Gasteiger partial charge in [-0.1, -0.05) is 29.8 Å². The van der Waals surface area contributed by atoms with Crippen LogP contribution in [-0.4, -0.2) is 27.0 Å². The molecule has 0 bridgehead atoms. The first-order valence-electron chi connectivity index (χ1n) is 10.1. The maximum Gasteiger partial charge on any atom is 0.264 e. The van der Waals surface area contributed by atoms with Crippen molar-refractivity contribution in [2.75, 3.05) is 16.2 Å². The number of sulfonamides is 1. The summed E-state index contributed by atoms with van der Waals surface area (Å²) in [5.41, 5.74) is 1.56. The summed E-state index contributed by atoms with van der Waals surface area (Å²) in [7, 11) is -3.99. The van der Waals surface area contributed by atoms with E-state index in [4.69, 9.17) is 16.3 Å². The number of hydrogen-bond acceptors (Lipinski definition) is 4. The van der Waals surface area contributed by atoms with Crippen LogP contribution in [0.5, 0.6) is 5.75 Å². The second-order valence-corrected chi connectivity index (χ2v) is 9.79. The van der Waals surface area contributed by atoms with E-state index in [9.17, 15) is 13.2 Å². The van der Waals surface area contributed by atoms with Crippen molar-refractivity contribution in [3.63, 3.8) is 0 Å². The Hall–Kier alpha value is -3.03. The van der Waals surface area contributed by atoms with E-state index >= 15 is 0 Å². The highest BCUT2D eigenvalue weighted by Gasteiger charge is 2.28. The van der Waals surface area contributed by atoms with Crippen molar-refractivity contribution in [2.24, 2.45) is 0 Å². The van der Waals surface area contributed by atoms with Crippen LogP contribution in [0.1, 0.15) is 19.4 Å². The molecule has 0 atom stereocenters. The molecule has 0 aromatic heterocycles. The highest BCUT2D eigenvalue weighted by atomic mass is 35.5. The van der Waals surface area contributed by atoms with Gasteiger partial charge in [-0.3, -0.25) is 9.10 Å². The molecule has 0 unspecified atom stereocenters. The van der Waals surface area contributed by atoms with Crippen molar-refractivity contribution >= 4 is 38.9 Å². The second kappa shape index (κ2) is 10.1. The van der Waals surface area contributed by atoms with Gasteiger partial charge in [-0.2, -0.15) is 0 Å². The number of amides is 1. The Kier molecular flexibility index (Phi) is 7.43. The maximum atomic E-state index is 13.4. The largest absolute Gasteiger partial charge is 0.491 e. The standard InChI is InChI=1S/C24H25ClN2O4S/c1-17(2)31-21-12-10-20(11-13-21)26-24(28)16-27(23-14-9-19(25)15-18(23)3)32(29,30)22-7-5-4-6-8-22/h4-15,17H,16H2,1-3H3,(H,26,28). The minimum absolute atomic E-state index is 0.0369. The molecule has 0 saturated heterocycles. The molecule has 3 aromatic rings. The van der Waals surface area contributed by atoms with Crippen molar-refractivity contribution in [1.29, 1.82) is 0 Å².